The predicted molar refractivity (Wildman–Crippen MR) is 83.4 cm³/mol. The molecule has 3 heteroatoms. The van der Waals surface area contributed by atoms with Gasteiger partial charge in [-0.2, -0.15) is 5.26 Å². The zero-order valence-electron chi connectivity index (χ0n) is 13.5. The van der Waals surface area contributed by atoms with Crippen LogP contribution in [0.5, 0.6) is 0 Å². The molecule has 0 heterocycles. The maximum Gasteiger partial charge on any atom is 0.109 e. The highest BCUT2D eigenvalue weighted by Gasteiger charge is 2.42. The summed E-state index contributed by atoms with van der Waals surface area (Å²) in [4.78, 5) is 2.63. The zero-order valence-corrected chi connectivity index (χ0v) is 13.5. The normalized spacial score (nSPS) is 30.1. The van der Waals surface area contributed by atoms with Crippen molar-refractivity contribution >= 4 is 0 Å². The Kier molecular flexibility index (Phi) is 5.46. The third-order valence-electron chi connectivity index (χ3n) is 5.20. The van der Waals surface area contributed by atoms with Crippen LogP contribution in [0.3, 0.4) is 0 Å². The van der Waals surface area contributed by atoms with E-state index in [2.05, 4.69) is 37.1 Å². The van der Waals surface area contributed by atoms with Crippen molar-refractivity contribution in [2.45, 2.75) is 70.9 Å². The summed E-state index contributed by atoms with van der Waals surface area (Å²) < 4.78 is 0. The molecule has 0 aromatic carbocycles. The molecule has 0 aromatic rings. The van der Waals surface area contributed by atoms with Crippen molar-refractivity contribution in [2.24, 2.45) is 11.8 Å². The average Bonchev–Trinajstić information content (AvgIpc) is 3.16. The Bertz CT molecular complexity index is 343. The summed E-state index contributed by atoms with van der Waals surface area (Å²) in [5.41, 5.74) is -0.239. The Balaban J connectivity index is 1.88. The van der Waals surface area contributed by atoms with Gasteiger partial charge in [-0.3, -0.25) is 5.32 Å². The molecule has 0 radical (unpaired) electrons. The largest absolute Gasteiger partial charge is 0.301 e. The minimum absolute atomic E-state index is 0.239. The van der Waals surface area contributed by atoms with Crippen LogP contribution >= 0.6 is 0 Å². The molecule has 2 unspecified atom stereocenters. The van der Waals surface area contributed by atoms with Gasteiger partial charge in [0.15, 0.2) is 0 Å². The van der Waals surface area contributed by atoms with E-state index in [1.54, 1.807) is 0 Å². The predicted octanol–water partition coefficient (Wildman–Crippen LogP) is 3.17. The van der Waals surface area contributed by atoms with Crippen molar-refractivity contribution in [2.75, 3.05) is 19.6 Å². The van der Waals surface area contributed by atoms with Crippen LogP contribution in [0.2, 0.25) is 0 Å². The van der Waals surface area contributed by atoms with Gasteiger partial charge in [-0.25, -0.2) is 0 Å². The van der Waals surface area contributed by atoms with Gasteiger partial charge in [0, 0.05) is 12.6 Å². The Hall–Kier alpha value is -0.590. The van der Waals surface area contributed by atoms with Crippen LogP contribution in [0.1, 0.15) is 59.3 Å². The Morgan fingerprint density at radius 2 is 2.10 bits per heavy atom. The molecule has 0 spiro atoms. The first-order valence-corrected chi connectivity index (χ1v) is 8.51. The summed E-state index contributed by atoms with van der Waals surface area (Å²) in [6.07, 6.45) is 7.47. The van der Waals surface area contributed by atoms with E-state index in [1.165, 1.54) is 38.6 Å². The SMILES string of the molecule is CCNC1(C#N)CCCC1CCN(CC1CC1)C(C)C. The minimum Gasteiger partial charge on any atom is -0.301 e. The molecule has 20 heavy (non-hydrogen) atoms. The first-order chi connectivity index (χ1) is 9.61. The highest BCUT2D eigenvalue weighted by atomic mass is 15.1. The third-order valence-corrected chi connectivity index (χ3v) is 5.20. The summed E-state index contributed by atoms with van der Waals surface area (Å²) in [5.74, 6) is 1.49. The van der Waals surface area contributed by atoms with Crippen molar-refractivity contribution in [3.63, 3.8) is 0 Å². The fraction of sp³-hybridized carbons (Fsp3) is 0.941. The molecule has 0 amide bonds. The first kappa shape index (κ1) is 15.8. The first-order valence-electron chi connectivity index (χ1n) is 8.51. The number of hydrogen-bond acceptors (Lipinski definition) is 3. The lowest BCUT2D eigenvalue weighted by molar-refractivity contribution is 0.182. The van der Waals surface area contributed by atoms with E-state index in [-0.39, 0.29) is 5.54 Å². The Morgan fingerprint density at radius 1 is 1.35 bits per heavy atom. The molecule has 2 atom stereocenters. The Labute approximate surface area is 124 Å². The van der Waals surface area contributed by atoms with E-state index in [9.17, 15) is 5.26 Å². The van der Waals surface area contributed by atoms with Crippen LogP contribution in [-0.2, 0) is 0 Å². The van der Waals surface area contributed by atoms with Crippen LogP contribution in [0.25, 0.3) is 0 Å². The van der Waals surface area contributed by atoms with Crippen LogP contribution in [-0.4, -0.2) is 36.1 Å². The van der Waals surface area contributed by atoms with Crippen molar-refractivity contribution < 1.29 is 0 Å². The molecule has 0 aliphatic heterocycles. The lowest BCUT2D eigenvalue weighted by Gasteiger charge is -2.33. The molecule has 0 bridgehead atoms. The van der Waals surface area contributed by atoms with Gasteiger partial charge in [-0.15, -0.1) is 0 Å². The summed E-state index contributed by atoms with van der Waals surface area (Å²) in [6.45, 7) is 10.1. The average molecular weight is 277 g/mol. The van der Waals surface area contributed by atoms with E-state index in [0.29, 0.717) is 12.0 Å². The Morgan fingerprint density at radius 3 is 2.65 bits per heavy atom. The van der Waals surface area contributed by atoms with Gasteiger partial charge in [0.1, 0.15) is 5.54 Å². The van der Waals surface area contributed by atoms with Crippen LogP contribution in [0.4, 0.5) is 0 Å². The molecule has 2 aliphatic rings. The highest BCUT2D eigenvalue weighted by Crippen LogP contribution is 2.38. The quantitative estimate of drug-likeness (QED) is 0.740. The fourth-order valence-corrected chi connectivity index (χ4v) is 3.72. The smallest absolute Gasteiger partial charge is 0.109 e. The fourth-order valence-electron chi connectivity index (χ4n) is 3.72. The topological polar surface area (TPSA) is 39.1 Å². The van der Waals surface area contributed by atoms with Crippen LogP contribution < -0.4 is 5.32 Å². The maximum atomic E-state index is 9.62. The minimum atomic E-state index is -0.239. The van der Waals surface area contributed by atoms with Crippen molar-refractivity contribution in [3.05, 3.63) is 0 Å². The van der Waals surface area contributed by atoms with Crippen LogP contribution in [0, 0.1) is 23.2 Å². The number of nitrogens with one attached hydrogen (secondary N) is 1. The number of rotatable bonds is 8. The van der Waals surface area contributed by atoms with E-state index in [0.717, 1.165) is 25.4 Å². The molecule has 0 aromatic heterocycles. The molecule has 2 saturated carbocycles. The lowest BCUT2D eigenvalue weighted by atomic mass is 9.85. The summed E-state index contributed by atoms with van der Waals surface area (Å²) in [7, 11) is 0. The third kappa shape index (κ3) is 3.74. The maximum absolute atomic E-state index is 9.62. The number of hydrogen-bond donors (Lipinski definition) is 1. The number of nitriles is 1. The van der Waals surface area contributed by atoms with E-state index >= 15 is 0 Å². The van der Waals surface area contributed by atoms with Crippen molar-refractivity contribution in [1.29, 1.82) is 5.26 Å². The summed E-state index contributed by atoms with van der Waals surface area (Å²) in [5, 5.41) is 13.1. The van der Waals surface area contributed by atoms with Crippen molar-refractivity contribution in [3.8, 4) is 6.07 Å². The molecule has 114 valence electrons. The summed E-state index contributed by atoms with van der Waals surface area (Å²) in [6, 6.07) is 3.24. The monoisotopic (exact) mass is 277 g/mol. The van der Waals surface area contributed by atoms with Gasteiger partial charge < -0.3 is 4.90 Å². The van der Waals surface area contributed by atoms with E-state index in [4.69, 9.17) is 0 Å². The van der Waals surface area contributed by atoms with Gasteiger partial charge >= 0.3 is 0 Å². The summed E-state index contributed by atoms with van der Waals surface area (Å²) >= 11 is 0. The van der Waals surface area contributed by atoms with E-state index < -0.39 is 0 Å². The van der Waals surface area contributed by atoms with Crippen LogP contribution in [0.15, 0.2) is 0 Å². The molecule has 1 N–H and O–H groups in total. The molecular formula is C17H31N3. The second kappa shape index (κ2) is 6.91. The van der Waals surface area contributed by atoms with Gasteiger partial charge in [0.25, 0.3) is 0 Å². The molecule has 2 rings (SSSR count). The standard InChI is InChI=1S/C17H31N3/c1-4-19-17(13-18)10-5-6-16(17)9-11-20(14(2)3)12-15-7-8-15/h14-16,19H,4-12H2,1-3H3. The highest BCUT2D eigenvalue weighted by molar-refractivity contribution is 5.14. The van der Waals surface area contributed by atoms with Gasteiger partial charge in [-0.1, -0.05) is 13.3 Å². The zero-order chi connectivity index (χ0) is 14.6. The molecule has 0 saturated heterocycles. The lowest BCUT2D eigenvalue weighted by Crippen LogP contribution is -2.48. The second-order valence-electron chi connectivity index (χ2n) is 7.02. The number of nitrogens with zero attached hydrogens (tertiary/aromatic N) is 2. The molecule has 2 aliphatic carbocycles. The molecule has 3 nitrogen and oxygen atoms in total. The van der Waals surface area contributed by atoms with Crippen molar-refractivity contribution in [1.82, 2.24) is 10.2 Å². The molecule has 2 fully saturated rings. The second-order valence-corrected chi connectivity index (χ2v) is 7.02. The van der Waals surface area contributed by atoms with Gasteiger partial charge in [0.05, 0.1) is 6.07 Å². The van der Waals surface area contributed by atoms with Gasteiger partial charge in [0.2, 0.25) is 0 Å². The van der Waals surface area contributed by atoms with Gasteiger partial charge in [-0.05, 0) is 70.9 Å². The van der Waals surface area contributed by atoms with E-state index in [1.807, 2.05) is 0 Å². The molecular weight excluding hydrogens is 246 g/mol.